The van der Waals surface area contributed by atoms with Gasteiger partial charge in [-0.15, -0.1) is 0 Å². The van der Waals surface area contributed by atoms with Gasteiger partial charge >= 0.3 is 0 Å². The highest BCUT2D eigenvalue weighted by Gasteiger charge is 2.36. The molecule has 0 bridgehead atoms. The van der Waals surface area contributed by atoms with E-state index >= 15 is 0 Å². The Bertz CT molecular complexity index is 676. The highest BCUT2D eigenvalue weighted by molar-refractivity contribution is 7.89. The van der Waals surface area contributed by atoms with Crippen molar-refractivity contribution in [2.45, 2.75) is 51.1 Å². The van der Waals surface area contributed by atoms with Crippen LogP contribution >= 0.6 is 0 Å². The van der Waals surface area contributed by atoms with Crippen LogP contribution in [0, 0.1) is 13.8 Å². The molecule has 1 saturated heterocycles. The van der Waals surface area contributed by atoms with Crippen molar-refractivity contribution in [2.75, 3.05) is 40.3 Å². The lowest BCUT2D eigenvalue weighted by atomic mass is 10.1. The topological polar surface area (TPSA) is 43.9 Å². The molecular formula is C19H33N3O2S. The van der Waals surface area contributed by atoms with Crippen molar-refractivity contribution < 1.29 is 8.42 Å². The average Bonchev–Trinajstić information content (AvgIpc) is 2.51. The van der Waals surface area contributed by atoms with Crippen LogP contribution in [-0.4, -0.2) is 74.9 Å². The minimum absolute atomic E-state index is 0.228. The van der Waals surface area contributed by atoms with Crippen LogP contribution in [0.2, 0.25) is 0 Å². The Hall–Kier alpha value is -0.950. The van der Waals surface area contributed by atoms with Gasteiger partial charge in [-0.05, 0) is 71.9 Å². The predicted molar refractivity (Wildman–Crippen MR) is 103 cm³/mol. The van der Waals surface area contributed by atoms with Gasteiger partial charge in [-0.2, -0.15) is 4.31 Å². The molecule has 0 amide bonds. The lowest BCUT2D eigenvalue weighted by Gasteiger charge is -2.44. The summed E-state index contributed by atoms with van der Waals surface area (Å²) >= 11 is 0. The average molecular weight is 368 g/mol. The van der Waals surface area contributed by atoms with Crippen LogP contribution in [0.15, 0.2) is 23.1 Å². The van der Waals surface area contributed by atoms with Gasteiger partial charge in [0.25, 0.3) is 0 Å². The molecule has 0 saturated carbocycles. The SMILES string of the molecule is Cc1ccc(C)c(S(=O)(=O)N2CC(C)N(CCCN(C)C)C(C)C2)c1. The van der Waals surface area contributed by atoms with E-state index in [1.807, 2.05) is 26.0 Å². The third-order valence-corrected chi connectivity index (χ3v) is 7.02. The van der Waals surface area contributed by atoms with Gasteiger partial charge in [0, 0.05) is 31.7 Å². The number of aryl methyl sites for hydroxylation is 2. The fraction of sp³-hybridized carbons (Fsp3) is 0.684. The van der Waals surface area contributed by atoms with E-state index in [2.05, 4.69) is 37.7 Å². The van der Waals surface area contributed by atoms with Crippen LogP contribution in [0.5, 0.6) is 0 Å². The summed E-state index contributed by atoms with van der Waals surface area (Å²) in [6.07, 6.45) is 1.10. The Labute approximate surface area is 153 Å². The molecule has 5 nitrogen and oxygen atoms in total. The van der Waals surface area contributed by atoms with E-state index in [0.717, 1.165) is 30.6 Å². The van der Waals surface area contributed by atoms with E-state index in [1.165, 1.54) is 0 Å². The molecule has 1 aliphatic heterocycles. The molecule has 1 aromatic carbocycles. The van der Waals surface area contributed by atoms with E-state index in [9.17, 15) is 8.42 Å². The first-order valence-electron chi connectivity index (χ1n) is 9.10. The number of sulfonamides is 1. The van der Waals surface area contributed by atoms with E-state index in [0.29, 0.717) is 18.0 Å². The van der Waals surface area contributed by atoms with Gasteiger partial charge in [0.2, 0.25) is 10.0 Å². The quantitative estimate of drug-likeness (QED) is 0.774. The van der Waals surface area contributed by atoms with Gasteiger partial charge in [-0.3, -0.25) is 4.90 Å². The molecule has 1 heterocycles. The highest BCUT2D eigenvalue weighted by Crippen LogP contribution is 2.26. The smallest absolute Gasteiger partial charge is 0.243 e. The molecule has 0 radical (unpaired) electrons. The number of rotatable bonds is 6. The van der Waals surface area contributed by atoms with Crippen LogP contribution in [0.1, 0.15) is 31.4 Å². The molecule has 0 N–H and O–H groups in total. The van der Waals surface area contributed by atoms with Crippen LogP contribution in [-0.2, 0) is 10.0 Å². The van der Waals surface area contributed by atoms with Crippen molar-refractivity contribution >= 4 is 10.0 Å². The zero-order valence-electron chi connectivity index (χ0n) is 16.5. The standard InChI is InChI=1S/C19H33N3O2S/c1-15-8-9-16(2)19(12-15)25(23,24)21-13-17(3)22(18(4)14-21)11-7-10-20(5)6/h8-9,12,17-18H,7,10-11,13-14H2,1-6H3. The largest absolute Gasteiger partial charge is 0.309 e. The van der Waals surface area contributed by atoms with Gasteiger partial charge in [0.15, 0.2) is 0 Å². The Kier molecular flexibility index (Phi) is 6.65. The summed E-state index contributed by atoms with van der Waals surface area (Å²) in [4.78, 5) is 5.09. The Morgan fingerprint density at radius 2 is 1.72 bits per heavy atom. The lowest BCUT2D eigenvalue weighted by molar-refractivity contribution is 0.0740. The zero-order chi connectivity index (χ0) is 18.8. The minimum atomic E-state index is -3.44. The Morgan fingerprint density at radius 1 is 1.12 bits per heavy atom. The fourth-order valence-electron chi connectivity index (χ4n) is 3.64. The molecular weight excluding hydrogens is 334 g/mol. The molecule has 1 aliphatic rings. The van der Waals surface area contributed by atoms with E-state index < -0.39 is 10.0 Å². The maximum Gasteiger partial charge on any atom is 0.243 e. The summed E-state index contributed by atoms with van der Waals surface area (Å²) in [7, 11) is 0.730. The van der Waals surface area contributed by atoms with Crippen molar-refractivity contribution in [2.24, 2.45) is 0 Å². The Morgan fingerprint density at radius 3 is 2.28 bits per heavy atom. The second-order valence-electron chi connectivity index (χ2n) is 7.68. The molecule has 2 rings (SSSR count). The normalized spacial score (nSPS) is 23.3. The highest BCUT2D eigenvalue weighted by atomic mass is 32.2. The van der Waals surface area contributed by atoms with Crippen molar-refractivity contribution in [3.05, 3.63) is 29.3 Å². The van der Waals surface area contributed by atoms with Gasteiger partial charge in [0.1, 0.15) is 0 Å². The number of nitrogens with zero attached hydrogens (tertiary/aromatic N) is 3. The van der Waals surface area contributed by atoms with Crippen LogP contribution in [0.3, 0.4) is 0 Å². The minimum Gasteiger partial charge on any atom is -0.309 e. The molecule has 25 heavy (non-hydrogen) atoms. The van der Waals surface area contributed by atoms with E-state index in [-0.39, 0.29) is 12.1 Å². The molecule has 1 aromatic rings. The molecule has 142 valence electrons. The summed E-state index contributed by atoms with van der Waals surface area (Å²) in [6, 6.07) is 6.11. The van der Waals surface area contributed by atoms with Crippen molar-refractivity contribution in [1.29, 1.82) is 0 Å². The first kappa shape index (κ1) is 20.4. The molecule has 1 fully saturated rings. The molecule has 0 aliphatic carbocycles. The second-order valence-corrected chi connectivity index (χ2v) is 9.59. The zero-order valence-corrected chi connectivity index (χ0v) is 17.3. The number of piperazine rings is 1. The molecule has 2 unspecified atom stereocenters. The monoisotopic (exact) mass is 367 g/mol. The van der Waals surface area contributed by atoms with Gasteiger partial charge in [0.05, 0.1) is 4.90 Å². The second kappa shape index (κ2) is 8.16. The number of hydrogen-bond donors (Lipinski definition) is 0. The van der Waals surface area contributed by atoms with Crippen molar-refractivity contribution in [3.63, 3.8) is 0 Å². The number of hydrogen-bond acceptors (Lipinski definition) is 4. The van der Waals surface area contributed by atoms with Crippen LogP contribution in [0.4, 0.5) is 0 Å². The van der Waals surface area contributed by atoms with Crippen molar-refractivity contribution in [1.82, 2.24) is 14.1 Å². The van der Waals surface area contributed by atoms with Gasteiger partial charge in [-0.25, -0.2) is 8.42 Å². The molecule has 0 aromatic heterocycles. The summed E-state index contributed by atoms with van der Waals surface area (Å²) < 4.78 is 28.0. The molecule has 6 heteroatoms. The first-order chi connectivity index (χ1) is 11.6. The van der Waals surface area contributed by atoms with E-state index in [4.69, 9.17) is 0 Å². The third kappa shape index (κ3) is 4.82. The molecule has 0 spiro atoms. The van der Waals surface area contributed by atoms with Crippen molar-refractivity contribution in [3.8, 4) is 0 Å². The van der Waals surface area contributed by atoms with Gasteiger partial charge in [-0.1, -0.05) is 12.1 Å². The van der Waals surface area contributed by atoms with E-state index in [1.54, 1.807) is 10.4 Å². The summed E-state index contributed by atoms with van der Waals surface area (Å²) in [5, 5.41) is 0. The predicted octanol–water partition coefficient (Wildman–Crippen LogP) is 2.34. The Balaban J connectivity index is 2.13. The maximum atomic E-state index is 13.2. The third-order valence-electron chi connectivity index (χ3n) is 5.05. The van der Waals surface area contributed by atoms with Crippen LogP contribution < -0.4 is 0 Å². The first-order valence-corrected chi connectivity index (χ1v) is 10.5. The summed E-state index contributed by atoms with van der Waals surface area (Å²) in [5.74, 6) is 0. The molecule has 2 atom stereocenters. The van der Waals surface area contributed by atoms with Gasteiger partial charge < -0.3 is 4.90 Å². The summed E-state index contributed by atoms with van der Waals surface area (Å²) in [5.41, 5.74) is 1.80. The lowest BCUT2D eigenvalue weighted by Crippen LogP contribution is -2.58. The number of benzene rings is 1. The van der Waals surface area contributed by atoms with Crippen LogP contribution in [0.25, 0.3) is 0 Å². The fourth-order valence-corrected chi connectivity index (χ4v) is 5.55. The summed E-state index contributed by atoms with van der Waals surface area (Å²) in [6.45, 7) is 11.3. The maximum absolute atomic E-state index is 13.2.